The number of sulfonamides is 1. The fraction of sp³-hybridized carbons (Fsp3) is 0.571. The number of nitrogens with one attached hydrogen (secondary N) is 2. The van der Waals surface area contributed by atoms with Crippen LogP contribution in [0.5, 0.6) is 0 Å². The smallest absolute Gasteiger partial charge is 0.241 e. The summed E-state index contributed by atoms with van der Waals surface area (Å²) in [7, 11) is -1.57. The van der Waals surface area contributed by atoms with Gasteiger partial charge in [0.05, 0.1) is 4.90 Å². The standard InChI is InChI=1S/C14H24N2O2S/c1-6-14(3,4)16-19(17,18)13-9-7-12(8-10-13)11(2)15-5/h7-11,15-16H,6H2,1-5H3. The van der Waals surface area contributed by atoms with Gasteiger partial charge in [0.1, 0.15) is 0 Å². The molecule has 1 rings (SSSR count). The van der Waals surface area contributed by atoms with Gasteiger partial charge in [-0.1, -0.05) is 19.1 Å². The minimum Gasteiger partial charge on any atom is -0.313 e. The highest BCUT2D eigenvalue weighted by Crippen LogP contribution is 2.18. The molecule has 0 radical (unpaired) electrons. The summed E-state index contributed by atoms with van der Waals surface area (Å²) >= 11 is 0. The van der Waals surface area contributed by atoms with Gasteiger partial charge in [-0.15, -0.1) is 0 Å². The maximum atomic E-state index is 12.2. The number of benzene rings is 1. The van der Waals surface area contributed by atoms with E-state index in [1.807, 2.05) is 46.9 Å². The van der Waals surface area contributed by atoms with E-state index in [-0.39, 0.29) is 6.04 Å². The van der Waals surface area contributed by atoms with Crippen molar-refractivity contribution in [3.05, 3.63) is 29.8 Å². The summed E-state index contributed by atoms with van der Waals surface area (Å²) in [5.74, 6) is 0. The van der Waals surface area contributed by atoms with Crippen molar-refractivity contribution in [3.8, 4) is 0 Å². The molecule has 4 nitrogen and oxygen atoms in total. The van der Waals surface area contributed by atoms with Gasteiger partial charge in [0.2, 0.25) is 10.0 Å². The van der Waals surface area contributed by atoms with E-state index in [2.05, 4.69) is 10.0 Å². The lowest BCUT2D eigenvalue weighted by Gasteiger charge is -2.24. The first kappa shape index (κ1) is 16.1. The van der Waals surface area contributed by atoms with Gasteiger partial charge < -0.3 is 5.32 Å². The molecule has 0 heterocycles. The lowest BCUT2D eigenvalue weighted by Crippen LogP contribution is -2.42. The zero-order chi connectivity index (χ0) is 14.7. The molecule has 5 heteroatoms. The second-order valence-electron chi connectivity index (χ2n) is 5.42. The Kier molecular flexibility index (Phi) is 5.12. The first-order valence-electron chi connectivity index (χ1n) is 6.53. The van der Waals surface area contributed by atoms with Crippen molar-refractivity contribution in [1.29, 1.82) is 0 Å². The van der Waals surface area contributed by atoms with Crippen LogP contribution in [0.1, 0.15) is 45.7 Å². The fourth-order valence-electron chi connectivity index (χ4n) is 1.60. The second-order valence-corrected chi connectivity index (χ2v) is 7.10. The molecule has 0 aliphatic heterocycles. The van der Waals surface area contributed by atoms with Crippen LogP contribution in [0, 0.1) is 0 Å². The third kappa shape index (κ3) is 4.30. The molecule has 0 saturated heterocycles. The molecule has 19 heavy (non-hydrogen) atoms. The third-order valence-electron chi connectivity index (χ3n) is 3.42. The van der Waals surface area contributed by atoms with E-state index in [1.54, 1.807) is 12.1 Å². The van der Waals surface area contributed by atoms with Crippen LogP contribution in [-0.2, 0) is 10.0 Å². The van der Waals surface area contributed by atoms with Crippen molar-refractivity contribution in [1.82, 2.24) is 10.0 Å². The molecule has 1 aromatic rings. The molecule has 1 unspecified atom stereocenters. The van der Waals surface area contributed by atoms with Crippen molar-refractivity contribution in [2.24, 2.45) is 0 Å². The summed E-state index contributed by atoms with van der Waals surface area (Å²) in [5, 5.41) is 3.12. The molecule has 0 amide bonds. The Morgan fingerprint density at radius 2 is 1.74 bits per heavy atom. The summed E-state index contributed by atoms with van der Waals surface area (Å²) in [5.41, 5.74) is 0.631. The molecule has 2 N–H and O–H groups in total. The third-order valence-corrected chi connectivity index (χ3v) is 5.13. The maximum Gasteiger partial charge on any atom is 0.241 e. The average molecular weight is 284 g/mol. The van der Waals surface area contributed by atoms with Crippen molar-refractivity contribution < 1.29 is 8.42 Å². The first-order valence-corrected chi connectivity index (χ1v) is 8.01. The normalized spacial score (nSPS) is 14.4. The van der Waals surface area contributed by atoms with Crippen LogP contribution in [0.2, 0.25) is 0 Å². The number of rotatable bonds is 6. The van der Waals surface area contributed by atoms with E-state index in [4.69, 9.17) is 0 Å². The highest BCUT2D eigenvalue weighted by atomic mass is 32.2. The molecule has 0 aliphatic rings. The Bertz CT molecular complexity index is 507. The summed E-state index contributed by atoms with van der Waals surface area (Å²) < 4.78 is 27.2. The van der Waals surface area contributed by atoms with Crippen LogP contribution >= 0.6 is 0 Å². The Morgan fingerprint density at radius 3 is 2.16 bits per heavy atom. The van der Waals surface area contributed by atoms with E-state index in [0.29, 0.717) is 4.90 Å². The van der Waals surface area contributed by atoms with Gasteiger partial charge in [-0.25, -0.2) is 13.1 Å². The SMILES string of the molecule is CCC(C)(C)NS(=O)(=O)c1ccc(C(C)NC)cc1. The lowest BCUT2D eigenvalue weighted by molar-refractivity contribution is 0.439. The summed E-state index contributed by atoms with van der Waals surface area (Å²) in [6.45, 7) is 7.74. The fourth-order valence-corrected chi connectivity index (χ4v) is 3.08. The minimum absolute atomic E-state index is 0.205. The molecule has 0 bridgehead atoms. The summed E-state index contributed by atoms with van der Waals surface area (Å²) in [6.07, 6.45) is 0.737. The molecule has 0 spiro atoms. The van der Waals surface area contributed by atoms with Crippen LogP contribution in [0.15, 0.2) is 29.2 Å². The molecular formula is C14H24N2O2S. The minimum atomic E-state index is -3.45. The molecule has 0 aromatic heterocycles. The molecule has 108 valence electrons. The van der Waals surface area contributed by atoms with Crippen LogP contribution in [0.25, 0.3) is 0 Å². The molecule has 1 aromatic carbocycles. The van der Waals surface area contributed by atoms with Crippen LogP contribution in [0.3, 0.4) is 0 Å². The van der Waals surface area contributed by atoms with Crippen molar-refractivity contribution >= 4 is 10.0 Å². The molecular weight excluding hydrogens is 260 g/mol. The van der Waals surface area contributed by atoms with Gasteiger partial charge in [-0.05, 0) is 51.9 Å². The van der Waals surface area contributed by atoms with E-state index < -0.39 is 15.6 Å². The van der Waals surface area contributed by atoms with Gasteiger partial charge in [0.25, 0.3) is 0 Å². The predicted octanol–water partition coefficient (Wildman–Crippen LogP) is 2.43. The first-order chi connectivity index (χ1) is 8.72. The van der Waals surface area contributed by atoms with Crippen LogP contribution in [-0.4, -0.2) is 21.0 Å². The Hall–Kier alpha value is -0.910. The largest absolute Gasteiger partial charge is 0.313 e. The summed E-state index contributed by atoms with van der Waals surface area (Å²) in [6, 6.07) is 7.19. The highest BCUT2D eigenvalue weighted by molar-refractivity contribution is 7.89. The monoisotopic (exact) mass is 284 g/mol. The van der Waals surface area contributed by atoms with E-state index in [9.17, 15) is 8.42 Å². The topological polar surface area (TPSA) is 58.2 Å². The van der Waals surface area contributed by atoms with E-state index in [1.165, 1.54) is 0 Å². The van der Waals surface area contributed by atoms with Gasteiger partial charge in [0, 0.05) is 11.6 Å². The molecule has 1 atom stereocenters. The molecule has 0 saturated carbocycles. The second kappa shape index (κ2) is 6.03. The van der Waals surface area contributed by atoms with Crippen LogP contribution < -0.4 is 10.0 Å². The van der Waals surface area contributed by atoms with E-state index >= 15 is 0 Å². The zero-order valence-corrected chi connectivity index (χ0v) is 13.1. The molecule has 0 fully saturated rings. The average Bonchev–Trinajstić information content (AvgIpc) is 2.37. The predicted molar refractivity (Wildman–Crippen MR) is 78.6 cm³/mol. The van der Waals surface area contributed by atoms with Crippen molar-refractivity contribution in [3.63, 3.8) is 0 Å². The Balaban J connectivity index is 2.97. The zero-order valence-electron chi connectivity index (χ0n) is 12.3. The van der Waals surface area contributed by atoms with Gasteiger partial charge in [0.15, 0.2) is 0 Å². The van der Waals surface area contributed by atoms with E-state index in [0.717, 1.165) is 12.0 Å². The highest BCUT2D eigenvalue weighted by Gasteiger charge is 2.24. The number of hydrogen-bond donors (Lipinski definition) is 2. The maximum absolute atomic E-state index is 12.2. The van der Waals surface area contributed by atoms with Crippen molar-refractivity contribution in [2.75, 3.05) is 7.05 Å². The van der Waals surface area contributed by atoms with Crippen molar-refractivity contribution in [2.45, 2.75) is 50.6 Å². The lowest BCUT2D eigenvalue weighted by atomic mass is 10.0. The number of hydrogen-bond acceptors (Lipinski definition) is 3. The quantitative estimate of drug-likeness (QED) is 0.843. The Labute approximate surface area is 116 Å². The summed E-state index contributed by atoms with van der Waals surface area (Å²) in [4.78, 5) is 0.307. The van der Waals surface area contributed by atoms with Crippen LogP contribution in [0.4, 0.5) is 0 Å². The van der Waals surface area contributed by atoms with Gasteiger partial charge in [-0.3, -0.25) is 0 Å². The molecule has 0 aliphatic carbocycles. The Morgan fingerprint density at radius 1 is 1.21 bits per heavy atom. The van der Waals surface area contributed by atoms with Gasteiger partial charge >= 0.3 is 0 Å². The van der Waals surface area contributed by atoms with Gasteiger partial charge in [-0.2, -0.15) is 0 Å².